The molecule has 174 valence electrons. The highest BCUT2D eigenvalue weighted by atomic mass is 35.5. The summed E-state index contributed by atoms with van der Waals surface area (Å²) in [5.41, 5.74) is 6.28. The van der Waals surface area contributed by atoms with Crippen molar-refractivity contribution in [1.82, 2.24) is 15.3 Å². The molecule has 33 heavy (non-hydrogen) atoms. The number of benzene rings is 3. The zero-order valence-electron chi connectivity index (χ0n) is 18.7. The highest BCUT2D eigenvalue weighted by Gasteiger charge is 2.26. The number of nitrogens with two attached hydrogens (primary N) is 1. The van der Waals surface area contributed by atoms with E-state index in [2.05, 4.69) is 62.7 Å². The van der Waals surface area contributed by atoms with Gasteiger partial charge in [-0.25, -0.2) is 4.94 Å². The maximum absolute atomic E-state index is 6.15. The lowest BCUT2D eigenvalue weighted by Crippen LogP contribution is -2.48. The largest absolute Gasteiger partial charge is 0.492 e. The summed E-state index contributed by atoms with van der Waals surface area (Å²) in [5.74, 6) is 5.88. The minimum Gasteiger partial charge on any atom is -0.492 e. The average Bonchev–Trinajstić information content (AvgIpc) is 2.86. The number of ether oxygens (including phenoxy) is 1. The summed E-state index contributed by atoms with van der Waals surface area (Å²) in [6, 6.07) is 27.1. The summed E-state index contributed by atoms with van der Waals surface area (Å²) in [7, 11) is 0. The Bertz CT molecular complexity index is 979. The Morgan fingerprint density at radius 1 is 0.879 bits per heavy atom. The molecule has 0 aromatic heterocycles. The molecule has 1 atom stereocenters. The second-order valence-electron chi connectivity index (χ2n) is 8.18. The quantitative estimate of drug-likeness (QED) is 0.440. The van der Waals surface area contributed by atoms with Crippen molar-refractivity contribution in [1.29, 1.82) is 0 Å². The molecule has 0 radical (unpaired) electrons. The van der Waals surface area contributed by atoms with Gasteiger partial charge in [-0.15, -0.1) is 0 Å². The highest BCUT2D eigenvalue weighted by Crippen LogP contribution is 2.30. The van der Waals surface area contributed by atoms with Gasteiger partial charge in [0.2, 0.25) is 0 Å². The van der Waals surface area contributed by atoms with Gasteiger partial charge in [0, 0.05) is 44.3 Å². The lowest BCUT2D eigenvalue weighted by atomic mass is 9.96. The van der Waals surface area contributed by atoms with Gasteiger partial charge in [0.25, 0.3) is 0 Å². The van der Waals surface area contributed by atoms with E-state index in [-0.39, 0.29) is 6.04 Å². The van der Waals surface area contributed by atoms with Crippen LogP contribution in [0.3, 0.4) is 0 Å². The Kier molecular flexibility index (Phi) is 8.72. The van der Waals surface area contributed by atoms with E-state index in [1.54, 1.807) is 0 Å². The van der Waals surface area contributed by atoms with Crippen molar-refractivity contribution >= 4 is 11.6 Å². The van der Waals surface area contributed by atoms with Crippen LogP contribution in [0, 0.1) is 0 Å². The second-order valence-corrected chi connectivity index (χ2v) is 8.61. The summed E-state index contributed by atoms with van der Waals surface area (Å²) >= 11 is 6.15. The summed E-state index contributed by atoms with van der Waals surface area (Å²) in [4.78, 5) is 9.45. The SMILES string of the molecule is NONCc1cccc(OCCN2CCN([C@H](c3ccccc3)c3ccc(Cl)cc3)CC2)c1. The van der Waals surface area contributed by atoms with Crippen LogP contribution in [0.5, 0.6) is 5.75 Å². The van der Waals surface area contributed by atoms with Crippen LogP contribution in [0.1, 0.15) is 22.7 Å². The minimum atomic E-state index is 0.232. The van der Waals surface area contributed by atoms with Gasteiger partial charge in [-0.2, -0.15) is 11.4 Å². The monoisotopic (exact) mass is 466 g/mol. The lowest BCUT2D eigenvalue weighted by Gasteiger charge is -2.39. The van der Waals surface area contributed by atoms with Crippen LogP contribution < -0.4 is 16.1 Å². The fourth-order valence-electron chi connectivity index (χ4n) is 4.30. The number of nitrogens with zero attached hydrogens (tertiary/aromatic N) is 2. The molecule has 1 aliphatic rings. The Morgan fingerprint density at radius 3 is 2.33 bits per heavy atom. The van der Waals surface area contributed by atoms with E-state index in [0.717, 1.165) is 49.1 Å². The van der Waals surface area contributed by atoms with E-state index in [4.69, 9.17) is 22.2 Å². The topological polar surface area (TPSA) is 63.0 Å². The number of hydroxylamine groups is 1. The molecule has 0 saturated carbocycles. The molecule has 0 aliphatic carbocycles. The van der Waals surface area contributed by atoms with E-state index in [1.165, 1.54) is 11.1 Å². The third-order valence-corrected chi connectivity index (χ3v) is 6.26. The maximum atomic E-state index is 6.15. The van der Waals surface area contributed by atoms with Crippen LogP contribution in [0.2, 0.25) is 5.02 Å². The fraction of sp³-hybridized carbons (Fsp3) is 0.308. The molecule has 0 spiro atoms. The first kappa shape index (κ1) is 23.7. The van der Waals surface area contributed by atoms with Crippen molar-refractivity contribution in [3.05, 3.63) is 101 Å². The van der Waals surface area contributed by atoms with Gasteiger partial charge in [-0.1, -0.05) is 66.2 Å². The standard InChI is InChI=1S/C26H31ClN4O2/c27-24-11-9-23(10-12-24)26(22-6-2-1-3-7-22)31-15-13-30(14-16-31)17-18-32-25-8-4-5-21(19-25)20-29-33-28/h1-12,19,26,29H,13-18,20,28H2/t26-/m1/s1. The normalized spacial score (nSPS) is 15.9. The lowest BCUT2D eigenvalue weighted by molar-refractivity contribution is 0.0362. The van der Waals surface area contributed by atoms with Gasteiger partial charge in [-0.05, 0) is 41.0 Å². The minimum absolute atomic E-state index is 0.232. The molecular weight excluding hydrogens is 436 g/mol. The van der Waals surface area contributed by atoms with Crippen molar-refractivity contribution in [3.63, 3.8) is 0 Å². The van der Waals surface area contributed by atoms with E-state index in [9.17, 15) is 0 Å². The molecule has 0 bridgehead atoms. The molecule has 3 aromatic carbocycles. The summed E-state index contributed by atoms with van der Waals surface area (Å²) in [6.45, 7) is 6.12. The smallest absolute Gasteiger partial charge is 0.119 e. The van der Waals surface area contributed by atoms with Crippen LogP contribution in [0.4, 0.5) is 0 Å². The van der Waals surface area contributed by atoms with E-state index < -0.39 is 0 Å². The third kappa shape index (κ3) is 6.77. The zero-order valence-corrected chi connectivity index (χ0v) is 19.5. The molecule has 4 rings (SSSR count). The molecule has 7 heteroatoms. The number of hydrogen-bond acceptors (Lipinski definition) is 6. The van der Waals surface area contributed by atoms with E-state index >= 15 is 0 Å². The predicted octanol–water partition coefficient (Wildman–Crippen LogP) is 4.02. The molecule has 1 fully saturated rings. The Morgan fingerprint density at radius 2 is 1.61 bits per heavy atom. The molecule has 0 unspecified atom stereocenters. The van der Waals surface area contributed by atoms with E-state index in [0.29, 0.717) is 13.2 Å². The van der Waals surface area contributed by atoms with Crippen molar-refractivity contribution in [2.75, 3.05) is 39.3 Å². The van der Waals surface area contributed by atoms with Crippen LogP contribution in [0.25, 0.3) is 0 Å². The van der Waals surface area contributed by atoms with Gasteiger partial charge in [0.1, 0.15) is 12.4 Å². The molecular formula is C26H31ClN4O2. The molecule has 3 aromatic rings. The van der Waals surface area contributed by atoms with Gasteiger partial charge in [0.15, 0.2) is 0 Å². The molecule has 1 saturated heterocycles. The first-order chi connectivity index (χ1) is 16.2. The van der Waals surface area contributed by atoms with Gasteiger partial charge in [-0.3, -0.25) is 9.80 Å². The van der Waals surface area contributed by atoms with Crippen molar-refractivity contribution in [2.45, 2.75) is 12.6 Å². The number of hydrogen-bond donors (Lipinski definition) is 2. The number of halogens is 1. The van der Waals surface area contributed by atoms with Crippen LogP contribution in [-0.4, -0.2) is 49.1 Å². The fourth-order valence-corrected chi connectivity index (χ4v) is 4.43. The summed E-state index contributed by atoms with van der Waals surface area (Å²) in [5, 5.41) is 0.768. The van der Waals surface area contributed by atoms with Crippen molar-refractivity contribution in [3.8, 4) is 5.75 Å². The zero-order chi connectivity index (χ0) is 22.9. The number of nitrogens with one attached hydrogen (secondary N) is 1. The molecule has 6 nitrogen and oxygen atoms in total. The van der Waals surface area contributed by atoms with Crippen LogP contribution in [-0.2, 0) is 11.5 Å². The Hall–Kier alpha value is -2.45. The first-order valence-corrected chi connectivity index (χ1v) is 11.7. The molecule has 1 aliphatic heterocycles. The summed E-state index contributed by atoms with van der Waals surface area (Å²) < 4.78 is 5.99. The molecule has 1 heterocycles. The van der Waals surface area contributed by atoms with Gasteiger partial charge < -0.3 is 4.74 Å². The van der Waals surface area contributed by atoms with E-state index in [1.807, 2.05) is 36.4 Å². The highest BCUT2D eigenvalue weighted by molar-refractivity contribution is 6.30. The average molecular weight is 467 g/mol. The van der Waals surface area contributed by atoms with Crippen molar-refractivity contribution in [2.24, 2.45) is 5.90 Å². The Balaban J connectivity index is 1.31. The molecule has 0 amide bonds. The maximum Gasteiger partial charge on any atom is 0.119 e. The second kappa shape index (κ2) is 12.1. The van der Waals surface area contributed by atoms with Gasteiger partial charge in [0.05, 0.1) is 6.04 Å². The Labute approximate surface area is 200 Å². The number of rotatable bonds is 10. The first-order valence-electron chi connectivity index (χ1n) is 11.3. The van der Waals surface area contributed by atoms with Crippen LogP contribution >= 0.6 is 11.6 Å². The summed E-state index contributed by atoms with van der Waals surface area (Å²) in [6.07, 6.45) is 0. The predicted molar refractivity (Wildman–Crippen MR) is 132 cm³/mol. The number of piperazine rings is 1. The van der Waals surface area contributed by atoms with Crippen molar-refractivity contribution < 1.29 is 9.68 Å². The van der Waals surface area contributed by atoms with Gasteiger partial charge >= 0.3 is 0 Å². The molecule has 3 N–H and O–H groups in total. The third-order valence-electron chi connectivity index (χ3n) is 6.01. The van der Waals surface area contributed by atoms with Crippen LogP contribution in [0.15, 0.2) is 78.9 Å².